The van der Waals surface area contributed by atoms with Gasteiger partial charge >= 0.3 is 5.97 Å². The summed E-state index contributed by atoms with van der Waals surface area (Å²) >= 11 is 0. The zero-order valence-corrected chi connectivity index (χ0v) is 14.1. The molecule has 1 saturated heterocycles. The molecule has 6 nitrogen and oxygen atoms in total. The molecule has 1 aliphatic carbocycles. The number of hydrogen-bond donors (Lipinski definition) is 2. The zero-order chi connectivity index (χ0) is 12.8. The number of esters is 1. The second-order valence-corrected chi connectivity index (χ2v) is 4.33. The van der Waals surface area contributed by atoms with Crippen LogP contribution in [0.2, 0.25) is 0 Å². The Morgan fingerprint density at radius 2 is 1.90 bits per heavy atom. The topological polar surface area (TPSA) is 98.5 Å². The van der Waals surface area contributed by atoms with Crippen LogP contribution in [0, 0.1) is 0 Å². The molecule has 2 fully saturated rings. The van der Waals surface area contributed by atoms with Crippen LogP contribution in [-0.2, 0) is 19.1 Å². The van der Waals surface area contributed by atoms with Crippen LogP contribution < -0.4 is 11.1 Å². The van der Waals surface area contributed by atoms with E-state index in [4.69, 9.17) is 5.73 Å². The minimum Gasteiger partial charge on any atom is -0.464 e. The third-order valence-corrected chi connectivity index (χ3v) is 2.54. The van der Waals surface area contributed by atoms with Gasteiger partial charge in [0.15, 0.2) is 0 Å². The molecule has 2 rings (SSSR count). The van der Waals surface area contributed by atoms with Gasteiger partial charge in [-0.15, -0.1) is 12.4 Å². The summed E-state index contributed by atoms with van der Waals surface area (Å²) in [4.78, 5) is 31.3. The van der Waals surface area contributed by atoms with Crippen molar-refractivity contribution in [2.75, 3.05) is 6.61 Å². The third kappa shape index (κ3) is 10.4. The number of rotatable bonds is 1. The van der Waals surface area contributed by atoms with Crippen molar-refractivity contribution >= 4 is 57.1 Å². The van der Waals surface area contributed by atoms with Crippen LogP contribution in [0.1, 0.15) is 32.6 Å². The Bertz CT molecular complexity index is 332. The van der Waals surface area contributed by atoms with Crippen molar-refractivity contribution in [3.63, 3.8) is 0 Å². The summed E-state index contributed by atoms with van der Waals surface area (Å²) in [7, 11) is 0. The predicted molar refractivity (Wildman–Crippen MR) is 88.0 cm³/mol. The molecule has 1 saturated carbocycles. The highest BCUT2D eigenvalue weighted by Crippen LogP contribution is 2.13. The number of Topliss-reactive ketones (excluding diaryl/α,β-unsaturated/α-hetero) is 1. The van der Waals surface area contributed by atoms with Gasteiger partial charge in [-0.25, -0.2) is 0 Å². The maximum atomic E-state index is 10.7. The van der Waals surface area contributed by atoms with Crippen molar-refractivity contribution in [2.24, 2.45) is 5.73 Å². The highest BCUT2D eigenvalue weighted by molar-refractivity contribution is 7.59. The number of ketones is 1. The van der Waals surface area contributed by atoms with Gasteiger partial charge < -0.3 is 15.8 Å². The molecular weight excluding hydrogens is 324 g/mol. The maximum Gasteiger partial charge on any atom is 0.307 e. The van der Waals surface area contributed by atoms with E-state index in [1.54, 1.807) is 0 Å². The fourth-order valence-electron chi connectivity index (χ4n) is 1.76. The zero-order valence-electron chi connectivity index (χ0n) is 11.3. The van der Waals surface area contributed by atoms with Crippen molar-refractivity contribution < 1.29 is 19.1 Å². The molecule has 3 N–H and O–H groups in total. The highest BCUT2D eigenvalue weighted by Gasteiger charge is 2.22. The lowest BCUT2D eigenvalue weighted by Gasteiger charge is -2.06. The summed E-state index contributed by atoms with van der Waals surface area (Å²) < 4.78 is 4.50. The van der Waals surface area contributed by atoms with E-state index >= 15 is 0 Å². The molecule has 9 heteroatoms. The van der Waals surface area contributed by atoms with Gasteiger partial charge in [-0.2, -0.15) is 27.0 Å². The fraction of sp³-hybridized carbons (Fsp3) is 0.727. The molecule has 1 aliphatic heterocycles. The summed E-state index contributed by atoms with van der Waals surface area (Å²) in [6, 6.07) is 0.0671. The molecule has 20 heavy (non-hydrogen) atoms. The van der Waals surface area contributed by atoms with E-state index in [2.05, 4.69) is 10.1 Å². The van der Waals surface area contributed by atoms with Crippen LogP contribution >= 0.6 is 39.4 Å². The van der Waals surface area contributed by atoms with Crippen LogP contribution in [0.4, 0.5) is 0 Å². The minimum atomic E-state index is -0.174. The van der Waals surface area contributed by atoms with Crippen LogP contribution in [0.25, 0.3) is 0 Å². The van der Waals surface area contributed by atoms with Gasteiger partial charge in [-0.1, -0.05) is 0 Å². The van der Waals surface area contributed by atoms with Gasteiger partial charge in [0, 0.05) is 31.8 Å². The lowest BCUT2D eigenvalue weighted by atomic mass is 10.2. The number of carbonyl (C=O) groups is 3. The van der Waals surface area contributed by atoms with Crippen LogP contribution in [0.3, 0.4) is 0 Å². The minimum absolute atomic E-state index is 0. The molecule has 0 spiro atoms. The Balaban J connectivity index is -0.000000262. The molecule has 2 unspecified atom stereocenters. The van der Waals surface area contributed by atoms with Crippen molar-refractivity contribution in [2.45, 2.75) is 44.7 Å². The number of nitrogens with two attached hydrogens (primary N) is 1. The molecule has 0 bridgehead atoms. The Hall–Kier alpha value is -0.440. The van der Waals surface area contributed by atoms with E-state index in [-0.39, 0.29) is 69.1 Å². The van der Waals surface area contributed by atoms with Crippen LogP contribution in [0.5, 0.6) is 0 Å². The standard InChI is InChI=1S/C7H11NO2.C4H7NO2.ClH.2H2S/c1-5(9)8-6-2-3-7(10)4-6;5-3-1-4(6)7-2-3;;;/h6H,2-4H2,1H3,(H,8,9);3H,1-2,5H2;1H;2*1H2. The van der Waals surface area contributed by atoms with E-state index in [1.165, 1.54) is 6.92 Å². The van der Waals surface area contributed by atoms with Gasteiger partial charge in [0.05, 0.1) is 6.42 Å². The molecule has 0 aromatic rings. The second kappa shape index (κ2) is 12.3. The number of halogens is 1. The highest BCUT2D eigenvalue weighted by atomic mass is 35.5. The number of ether oxygens (including phenoxy) is 1. The monoisotopic (exact) mass is 346 g/mol. The first-order valence-corrected chi connectivity index (χ1v) is 5.67. The van der Waals surface area contributed by atoms with Crippen LogP contribution in [0.15, 0.2) is 0 Å². The molecular formula is C11H23ClN2O4S2. The van der Waals surface area contributed by atoms with E-state index in [9.17, 15) is 14.4 Å². The Morgan fingerprint density at radius 1 is 1.30 bits per heavy atom. The summed E-state index contributed by atoms with van der Waals surface area (Å²) in [5.74, 6) is 0.0472. The van der Waals surface area contributed by atoms with Crippen molar-refractivity contribution in [1.82, 2.24) is 5.32 Å². The number of hydrogen-bond acceptors (Lipinski definition) is 5. The molecule has 0 radical (unpaired) electrons. The van der Waals surface area contributed by atoms with Gasteiger partial charge in [-0.3, -0.25) is 14.4 Å². The lowest BCUT2D eigenvalue weighted by Crippen LogP contribution is -2.30. The maximum absolute atomic E-state index is 10.7. The Labute approximate surface area is 138 Å². The first-order valence-electron chi connectivity index (χ1n) is 5.67. The van der Waals surface area contributed by atoms with Gasteiger partial charge in [-0.05, 0) is 6.42 Å². The SMILES string of the molecule is CC(=O)NC1CCC(=O)C1.Cl.NC1COC(=O)C1.S.S. The van der Waals surface area contributed by atoms with Crippen molar-refractivity contribution in [3.05, 3.63) is 0 Å². The van der Waals surface area contributed by atoms with E-state index < -0.39 is 0 Å². The third-order valence-electron chi connectivity index (χ3n) is 2.54. The number of amides is 1. The number of nitrogens with one attached hydrogen (secondary N) is 1. The predicted octanol–water partition coefficient (Wildman–Crippen LogP) is 0.152. The average molecular weight is 347 g/mol. The first-order chi connectivity index (χ1) is 7.97. The molecule has 0 aromatic carbocycles. The molecule has 2 atom stereocenters. The summed E-state index contributed by atoms with van der Waals surface area (Å²) in [6.45, 7) is 1.88. The molecule has 1 amide bonds. The largest absolute Gasteiger partial charge is 0.464 e. The van der Waals surface area contributed by atoms with Crippen molar-refractivity contribution in [3.8, 4) is 0 Å². The van der Waals surface area contributed by atoms with Crippen LogP contribution in [-0.4, -0.2) is 36.4 Å². The average Bonchev–Trinajstić information content (AvgIpc) is 2.76. The fourth-order valence-corrected chi connectivity index (χ4v) is 1.76. The second-order valence-electron chi connectivity index (χ2n) is 4.33. The number of cyclic esters (lactones) is 1. The Kier molecular flexibility index (Phi) is 15.1. The van der Waals surface area contributed by atoms with E-state index in [0.29, 0.717) is 25.9 Å². The van der Waals surface area contributed by atoms with Gasteiger partial charge in [0.25, 0.3) is 0 Å². The summed E-state index contributed by atoms with van der Waals surface area (Å²) in [5, 5.41) is 2.71. The first kappa shape index (κ1) is 24.6. The number of carbonyl (C=O) groups excluding carboxylic acids is 3. The molecule has 120 valence electrons. The lowest BCUT2D eigenvalue weighted by molar-refractivity contribution is -0.138. The summed E-state index contributed by atoms with van der Waals surface area (Å²) in [6.07, 6.45) is 2.36. The van der Waals surface area contributed by atoms with E-state index in [1.807, 2.05) is 0 Å². The molecule has 2 aliphatic rings. The summed E-state index contributed by atoms with van der Waals surface area (Å²) in [5.41, 5.74) is 5.28. The smallest absolute Gasteiger partial charge is 0.307 e. The van der Waals surface area contributed by atoms with Gasteiger partial charge in [0.1, 0.15) is 12.4 Å². The molecule has 0 aromatic heterocycles. The Morgan fingerprint density at radius 3 is 2.15 bits per heavy atom. The van der Waals surface area contributed by atoms with Crippen molar-refractivity contribution in [1.29, 1.82) is 0 Å². The quantitative estimate of drug-likeness (QED) is 0.659. The normalized spacial score (nSPS) is 23.1. The van der Waals surface area contributed by atoms with E-state index in [0.717, 1.165) is 6.42 Å². The molecule has 1 heterocycles. The van der Waals surface area contributed by atoms with Gasteiger partial charge in [0.2, 0.25) is 5.91 Å².